The lowest BCUT2D eigenvalue weighted by molar-refractivity contribution is -0.135. The molecule has 1 saturated heterocycles. The predicted octanol–water partition coefficient (Wildman–Crippen LogP) is 0.508. The van der Waals surface area contributed by atoms with Crippen LogP contribution in [0.1, 0.15) is 12.0 Å². The monoisotopic (exact) mass is 309 g/mol. The molecule has 0 spiro atoms. The number of carbonyl (C=O) groups excluding carboxylic acids is 3. The van der Waals surface area contributed by atoms with Crippen LogP contribution in [0.25, 0.3) is 0 Å². The SMILES string of the molecule is CN1NC(=O)C(CC(=O)NCCc2cccc(Cl)c2)C1=O. The van der Waals surface area contributed by atoms with Crippen LogP contribution in [-0.4, -0.2) is 36.3 Å². The molecule has 0 aliphatic carbocycles. The van der Waals surface area contributed by atoms with Gasteiger partial charge in [0, 0.05) is 25.0 Å². The smallest absolute Gasteiger partial charge is 0.253 e. The predicted molar refractivity (Wildman–Crippen MR) is 77.2 cm³/mol. The van der Waals surface area contributed by atoms with Crippen LogP contribution >= 0.6 is 11.6 Å². The summed E-state index contributed by atoms with van der Waals surface area (Å²) in [5.41, 5.74) is 3.37. The molecule has 1 unspecified atom stereocenters. The number of hydrazine groups is 1. The van der Waals surface area contributed by atoms with Gasteiger partial charge in [0.2, 0.25) is 5.91 Å². The van der Waals surface area contributed by atoms with Crippen LogP contribution in [0.4, 0.5) is 0 Å². The fourth-order valence-corrected chi connectivity index (χ4v) is 2.33. The number of carbonyl (C=O) groups is 3. The lowest BCUT2D eigenvalue weighted by Gasteiger charge is -2.08. The second-order valence-corrected chi connectivity index (χ2v) is 5.30. The van der Waals surface area contributed by atoms with Gasteiger partial charge < -0.3 is 5.32 Å². The summed E-state index contributed by atoms with van der Waals surface area (Å²) >= 11 is 5.87. The molecule has 1 atom stereocenters. The van der Waals surface area contributed by atoms with Crippen molar-refractivity contribution in [2.24, 2.45) is 5.92 Å². The molecule has 0 radical (unpaired) electrons. The van der Waals surface area contributed by atoms with Crippen molar-refractivity contribution in [1.82, 2.24) is 15.8 Å². The molecule has 3 amide bonds. The maximum absolute atomic E-state index is 11.8. The molecule has 1 aliphatic rings. The Morgan fingerprint density at radius 1 is 1.43 bits per heavy atom. The fraction of sp³-hybridized carbons (Fsp3) is 0.357. The van der Waals surface area contributed by atoms with Crippen molar-refractivity contribution in [3.63, 3.8) is 0 Å². The van der Waals surface area contributed by atoms with Gasteiger partial charge in [-0.05, 0) is 24.1 Å². The minimum Gasteiger partial charge on any atom is -0.356 e. The number of hydrogen-bond acceptors (Lipinski definition) is 3. The van der Waals surface area contributed by atoms with E-state index in [0.717, 1.165) is 10.6 Å². The summed E-state index contributed by atoms with van der Waals surface area (Å²) in [5, 5.41) is 4.45. The summed E-state index contributed by atoms with van der Waals surface area (Å²) in [6, 6.07) is 7.37. The first kappa shape index (κ1) is 15.3. The van der Waals surface area contributed by atoms with E-state index >= 15 is 0 Å². The quantitative estimate of drug-likeness (QED) is 0.778. The largest absolute Gasteiger partial charge is 0.356 e. The molecule has 1 heterocycles. The molecule has 112 valence electrons. The highest BCUT2D eigenvalue weighted by Crippen LogP contribution is 2.13. The third kappa shape index (κ3) is 3.95. The van der Waals surface area contributed by atoms with E-state index in [1.807, 2.05) is 18.2 Å². The van der Waals surface area contributed by atoms with Gasteiger partial charge in [-0.25, -0.2) is 0 Å². The zero-order valence-corrected chi connectivity index (χ0v) is 12.3. The zero-order valence-electron chi connectivity index (χ0n) is 11.6. The molecular weight excluding hydrogens is 294 g/mol. The van der Waals surface area contributed by atoms with Crippen molar-refractivity contribution in [3.8, 4) is 0 Å². The zero-order chi connectivity index (χ0) is 15.4. The minimum atomic E-state index is -0.929. The van der Waals surface area contributed by atoms with Crippen molar-refractivity contribution < 1.29 is 14.4 Å². The van der Waals surface area contributed by atoms with Crippen molar-refractivity contribution >= 4 is 29.3 Å². The summed E-state index contributed by atoms with van der Waals surface area (Å²) < 4.78 is 0. The van der Waals surface area contributed by atoms with Crippen LogP contribution in [0.2, 0.25) is 5.02 Å². The van der Waals surface area contributed by atoms with Crippen LogP contribution in [0.3, 0.4) is 0 Å². The van der Waals surface area contributed by atoms with Crippen LogP contribution < -0.4 is 10.7 Å². The first-order valence-electron chi connectivity index (χ1n) is 6.56. The van der Waals surface area contributed by atoms with Gasteiger partial charge in [-0.2, -0.15) is 0 Å². The molecular formula is C14H16ClN3O3. The van der Waals surface area contributed by atoms with E-state index in [4.69, 9.17) is 11.6 Å². The molecule has 0 saturated carbocycles. The number of amides is 3. The number of nitrogens with zero attached hydrogens (tertiary/aromatic N) is 1. The van der Waals surface area contributed by atoms with Crippen molar-refractivity contribution in [1.29, 1.82) is 0 Å². The Kier molecular flexibility index (Phi) is 4.80. The van der Waals surface area contributed by atoms with Gasteiger partial charge in [0.05, 0.1) is 0 Å². The standard InChI is InChI=1S/C14H16ClN3O3/c1-18-14(21)11(13(20)17-18)8-12(19)16-6-5-9-3-2-4-10(15)7-9/h2-4,7,11H,5-6,8H2,1H3,(H,16,19)(H,17,20). The van der Waals surface area contributed by atoms with E-state index in [1.165, 1.54) is 7.05 Å². The Balaban J connectivity index is 1.78. The average molecular weight is 310 g/mol. The first-order valence-corrected chi connectivity index (χ1v) is 6.94. The van der Waals surface area contributed by atoms with Crippen molar-refractivity contribution in [2.45, 2.75) is 12.8 Å². The summed E-state index contributed by atoms with van der Waals surface area (Å²) in [5.74, 6) is -2.07. The molecule has 1 aliphatic heterocycles. The van der Waals surface area contributed by atoms with Gasteiger partial charge in [0.15, 0.2) is 0 Å². The second kappa shape index (κ2) is 6.58. The Hall–Kier alpha value is -2.08. The highest BCUT2D eigenvalue weighted by atomic mass is 35.5. The summed E-state index contributed by atoms with van der Waals surface area (Å²) in [7, 11) is 1.46. The van der Waals surface area contributed by atoms with E-state index in [2.05, 4.69) is 10.7 Å². The topological polar surface area (TPSA) is 78.5 Å². The van der Waals surface area contributed by atoms with Gasteiger partial charge in [-0.3, -0.25) is 24.8 Å². The number of nitrogens with one attached hydrogen (secondary N) is 2. The van der Waals surface area contributed by atoms with Crippen LogP contribution in [0.5, 0.6) is 0 Å². The Labute approximate surface area is 127 Å². The van der Waals surface area contributed by atoms with Gasteiger partial charge in [-0.15, -0.1) is 0 Å². The van der Waals surface area contributed by atoms with E-state index in [1.54, 1.807) is 6.07 Å². The number of benzene rings is 1. The van der Waals surface area contributed by atoms with Gasteiger partial charge in [0.25, 0.3) is 11.8 Å². The molecule has 1 aromatic carbocycles. The Morgan fingerprint density at radius 3 is 2.81 bits per heavy atom. The van der Waals surface area contributed by atoms with Gasteiger partial charge in [-0.1, -0.05) is 23.7 Å². The third-order valence-corrected chi connectivity index (χ3v) is 3.47. The fourth-order valence-electron chi connectivity index (χ4n) is 2.12. The number of rotatable bonds is 5. The Bertz CT molecular complexity index is 576. The average Bonchev–Trinajstić information content (AvgIpc) is 2.65. The molecule has 1 aromatic rings. The molecule has 6 nitrogen and oxygen atoms in total. The maximum Gasteiger partial charge on any atom is 0.253 e. The second-order valence-electron chi connectivity index (χ2n) is 4.86. The summed E-state index contributed by atoms with van der Waals surface area (Å²) in [6.45, 7) is 0.428. The lowest BCUT2D eigenvalue weighted by atomic mass is 10.0. The van der Waals surface area contributed by atoms with Crippen LogP contribution in [0, 0.1) is 5.92 Å². The van der Waals surface area contributed by atoms with E-state index in [0.29, 0.717) is 18.0 Å². The Morgan fingerprint density at radius 2 is 2.19 bits per heavy atom. The number of hydrogen-bond donors (Lipinski definition) is 2. The van der Waals surface area contributed by atoms with Gasteiger partial charge in [0.1, 0.15) is 5.92 Å². The lowest BCUT2D eigenvalue weighted by Crippen LogP contribution is -2.31. The minimum absolute atomic E-state index is 0.134. The maximum atomic E-state index is 11.8. The summed E-state index contributed by atoms with van der Waals surface area (Å²) in [6.07, 6.45) is 0.502. The normalized spacial score (nSPS) is 17.8. The van der Waals surface area contributed by atoms with E-state index in [9.17, 15) is 14.4 Å². The highest BCUT2D eigenvalue weighted by molar-refractivity contribution is 6.30. The van der Waals surface area contributed by atoms with Crippen molar-refractivity contribution in [2.75, 3.05) is 13.6 Å². The highest BCUT2D eigenvalue weighted by Gasteiger charge is 2.38. The van der Waals surface area contributed by atoms with E-state index < -0.39 is 11.8 Å². The van der Waals surface area contributed by atoms with Crippen molar-refractivity contribution in [3.05, 3.63) is 34.9 Å². The van der Waals surface area contributed by atoms with E-state index in [-0.39, 0.29) is 18.2 Å². The van der Waals surface area contributed by atoms with Crippen LogP contribution in [-0.2, 0) is 20.8 Å². The molecule has 0 bridgehead atoms. The molecule has 2 rings (SSSR count). The molecule has 21 heavy (non-hydrogen) atoms. The molecule has 0 aromatic heterocycles. The summed E-state index contributed by atoms with van der Waals surface area (Å²) in [4.78, 5) is 34.9. The third-order valence-electron chi connectivity index (χ3n) is 3.24. The molecule has 2 N–H and O–H groups in total. The molecule has 1 fully saturated rings. The number of halogens is 1. The first-order chi connectivity index (χ1) is 9.97. The van der Waals surface area contributed by atoms with Crippen LogP contribution in [0.15, 0.2) is 24.3 Å². The molecule has 7 heteroatoms. The van der Waals surface area contributed by atoms with Gasteiger partial charge >= 0.3 is 0 Å².